The average Bonchev–Trinajstić information content (AvgIpc) is 3.20. The summed E-state index contributed by atoms with van der Waals surface area (Å²) in [4.78, 5) is 25.2. The van der Waals surface area contributed by atoms with Crippen LogP contribution in [0.25, 0.3) is 99.4 Å². The number of aromatic nitrogens is 5. The fraction of sp³-hybridized carbons (Fsp3) is 0. The highest BCUT2D eigenvalue weighted by Crippen LogP contribution is 2.43. The van der Waals surface area contributed by atoms with E-state index in [2.05, 4.69) is 137 Å². The Labute approximate surface area is 287 Å². The van der Waals surface area contributed by atoms with Crippen LogP contribution in [0.4, 0.5) is 0 Å². The van der Waals surface area contributed by atoms with E-state index in [9.17, 15) is 0 Å². The molecule has 2 aromatic heterocycles. The summed E-state index contributed by atoms with van der Waals surface area (Å²) in [5.74, 6) is 2.55. The van der Waals surface area contributed by atoms with Crippen molar-refractivity contribution in [2.75, 3.05) is 0 Å². The molecule has 10 aromatic rings. The molecule has 5 nitrogen and oxygen atoms in total. The largest absolute Gasteiger partial charge is 0.237 e. The van der Waals surface area contributed by atoms with Gasteiger partial charge in [0.2, 0.25) is 0 Å². The second-order valence-electron chi connectivity index (χ2n) is 12.4. The maximum absolute atomic E-state index is 5.39. The third kappa shape index (κ3) is 4.45. The molecule has 10 rings (SSSR count). The van der Waals surface area contributed by atoms with Crippen LogP contribution in [-0.2, 0) is 0 Å². The van der Waals surface area contributed by atoms with Crippen molar-refractivity contribution >= 4 is 53.9 Å². The van der Waals surface area contributed by atoms with Crippen molar-refractivity contribution in [2.24, 2.45) is 0 Å². The summed E-state index contributed by atoms with van der Waals surface area (Å²) in [6.45, 7) is 0. The molecular formula is C45H27N5. The van der Waals surface area contributed by atoms with Crippen LogP contribution >= 0.6 is 0 Å². The van der Waals surface area contributed by atoms with Gasteiger partial charge in [-0.2, -0.15) is 0 Å². The Hall–Kier alpha value is -6.85. The Bertz CT molecular complexity index is 2870. The van der Waals surface area contributed by atoms with Crippen molar-refractivity contribution in [1.82, 2.24) is 24.9 Å². The van der Waals surface area contributed by atoms with Gasteiger partial charge in [0, 0.05) is 34.6 Å². The van der Waals surface area contributed by atoms with Crippen molar-refractivity contribution in [3.8, 4) is 45.6 Å². The van der Waals surface area contributed by atoms with Crippen molar-refractivity contribution in [3.05, 3.63) is 164 Å². The van der Waals surface area contributed by atoms with Gasteiger partial charge >= 0.3 is 0 Å². The molecule has 0 aliphatic carbocycles. The molecule has 8 aromatic carbocycles. The van der Waals surface area contributed by atoms with Gasteiger partial charge in [-0.25, -0.2) is 24.9 Å². The Kier molecular flexibility index (Phi) is 6.42. The molecule has 0 saturated carbocycles. The predicted molar refractivity (Wildman–Crippen MR) is 205 cm³/mol. The van der Waals surface area contributed by atoms with Gasteiger partial charge in [0.05, 0.1) is 0 Å². The molecule has 0 atom stereocenters. The van der Waals surface area contributed by atoms with E-state index in [1.807, 2.05) is 24.3 Å². The van der Waals surface area contributed by atoms with E-state index in [-0.39, 0.29) is 0 Å². The highest BCUT2D eigenvalue weighted by molar-refractivity contribution is 6.22. The molecule has 0 aliphatic rings. The molecular weight excluding hydrogens is 611 g/mol. The van der Waals surface area contributed by atoms with Crippen molar-refractivity contribution in [2.45, 2.75) is 0 Å². The van der Waals surface area contributed by atoms with Crippen molar-refractivity contribution < 1.29 is 0 Å². The van der Waals surface area contributed by atoms with Gasteiger partial charge in [-0.1, -0.05) is 140 Å². The van der Waals surface area contributed by atoms with Crippen LogP contribution in [0.1, 0.15) is 0 Å². The van der Waals surface area contributed by atoms with Crippen LogP contribution in [0.15, 0.2) is 164 Å². The van der Waals surface area contributed by atoms with Gasteiger partial charge in [-0.05, 0) is 66.0 Å². The molecule has 50 heavy (non-hydrogen) atoms. The van der Waals surface area contributed by atoms with E-state index in [1.54, 1.807) is 12.4 Å². The first-order valence-corrected chi connectivity index (χ1v) is 16.7. The molecule has 2 heterocycles. The highest BCUT2D eigenvalue weighted by atomic mass is 15.0. The lowest BCUT2D eigenvalue weighted by Crippen LogP contribution is -2.02. The summed E-state index contributed by atoms with van der Waals surface area (Å²) < 4.78 is 0. The second kappa shape index (κ2) is 11.4. The van der Waals surface area contributed by atoms with Crippen LogP contribution in [-0.4, -0.2) is 24.9 Å². The Balaban J connectivity index is 1.34. The zero-order valence-electron chi connectivity index (χ0n) is 26.8. The quantitative estimate of drug-likeness (QED) is 0.142. The fourth-order valence-electron chi connectivity index (χ4n) is 7.41. The number of nitrogens with zero attached hydrogens (tertiary/aromatic N) is 5. The third-order valence-corrected chi connectivity index (χ3v) is 9.62. The molecule has 0 unspecified atom stereocenters. The molecule has 0 spiro atoms. The van der Waals surface area contributed by atoms with E-state index >= 15 is 0 Å². The number of hydrogen-bond donors (Lipinski definition) is 0. The number of rotatable bonds is 4. The van der Waals surface area contributed by atoms with E-state index < -0.39 is 0 Å². The first-order chi connectivity index (χ1) is 24.8. The average molecular weight is 638 g/mol. The van der Waals surface area contributed by atoms with Crippen LogP contribution in [0.3, 0.4) is 0 Å². The lowest BCUT2D eigenvalue weighted by Gasteiger charge is -2.17. The van der Waals surface area contributed by atoms with Gasteiger partial charge in [-0.15, -0.1) is 0 Å². The van der Waals surface area contributed by atoms with Gasteiger partial charge in [0.1, 0.15) is 0 Å². The normalized spacial score (nSPS) is 11.6. The fourth-order valence-corrected chi connectivity index (χ4v) is 7.41. The molecule has 0 N–H and O–H groups in total. The molecule has 232 valence electrons. The number of fused-ring (bicyclic) bond motifs is 7. The van der Waals surface area contributed by atoms with Crippen molar-refractivity contribution in [3.63, 3.8) is 0 Å². The van der Waals surface area contributed by atoms with Crippen LogP contribution in [0, 0.1) is 0 Å². The van der Waals surface area contributed by atoms with E-state index in [0.29, 0.717) is 23.3 Å². The minimum atomic E-state index is 0.615. The SMILES string of the molecule is c1ccc(-c2nc(-c3c4ccccc4c(-c4ncccn4)c4ccccc34)nc(-c3cc4c5ccccc5ccc4c4ccccc34)n2)cc1. The van der Waals surface area contributed by atoms with E-state index in [0.717, 1.165) is 54.6 Å². The molecule has 5 heteroatoms. The first-order valence-electron chi connectivity index (χ1n) is 16.7. The second-order valence-corrected chi connectivity index (χ2v) is 12.4. The summed E-state index contributed by atoms with van der Waals surface area (Å²) in [6.07, 6.45) is 3.59. The van der Waals surface area contributed by atoms with E-state index in [1.165, 1.54) is 21.5 Å². The van der Waals surface area contributed by atoms with Crippen molar-refractivity contribution in [1.29, 1.82) is 0 Å². The molecule has 0 aliphatic heterocycles. The molecule has 0 amide bonds. The Morgan fingerprint density at radius 2 is 0.800 bits per heavy atom. The van der Waals surface area contributed by atoms with Gasteiger partial charge in [0.25, 0.3) is 0 Å². The summed E-state index contributed by atoms with van der Waals surface area (Å²) >= 11 is 0. The van der Waals surface area contributed by atoms with Crippen LogP contribution in [0.2, 0.25) is 0 Å². The molecule has 0 fully saturated rings. The summed E-state index contributed by atoms with van der Waals surface area (Å²) in [6, 6.07) is 52.7. The third-order valence-electron chi connectivity index (χ3n) is 9.62. The minimum absolute atomic E-state index is 0.615. The maximum Gasteiger partial charge on any atom is 0.165 e. The summed E-state index contributed by atoms with van der Waals surface area (Å²) in [7, 11) is 0. The zero-order valence-corrected chi connectivity index (χ0v) is 26.8. The lowest BCUT2D eigenvalue weighted by molar-refractivity contribution is 1.08. The number of hydrogen-bond acceptors (Lipinski definition) is 5. The zero-order chi connectivity index (χ0) is 33.0. The van der Waals surface area contributed by atoms with Gasteiger partial charge in [0.15, 0.2) is 23.3 Å². The maximum atomic E-state index is 5.39. The first kappa shape index (κ1) is 28.2. The smallest absolute Gasteiger partial charge is 0.165 e. The molecule has 0 saturated heterocycles. The van der Waals surface area contributed by atoms with Gasteiger partial charge in [-0.3, -0.25) is 0 Å². The molecule has 0 radical (unpaired) electrons. The molecule has 0 bridgehead atoms. The van der Waals surface area contributed by atoms with Crippen LogP contribution in [0.5, 0.6) is 0 Å². The predicted octanol–water partition coefficient (Wildman–Crippen LogP) is 11.1. The van der Waals surface area contributed by atoms with Gasteiger partial charge < -0.3 is 0 Å². The summed E-state index contributed by atoms with van der Waals surface area (Å²) in [5, 5.41) is 11.2. The standard InChI is InChI=1S/C45H27N5/c1-2-14-29(15-3-1)42-48-43(39-27-38-30-16-5-4-13-28(30)23-24-33(38)31-17-6-7-18-32(31)39)50-45(49-42)41-36-21-10-8-19-34(36)40(44-46-25-12-26-47-44)35-20-9-11-22-37(35)41/h1-27H. The minimum Gasteiger partial charge on any atom is -0.237 e. The highest BCUT2D eigenvalue weighted by Gasteiger charge is 2.22. The number of benzene rings is 8. The monoisotopic (exact) mass is 637 g/mol. The van der Waals surface area contributed by atoms with E-state index in [4.69, 9.17) is 15.0 Å². The topological polar surface area (TPSA) is 64.5 Å². The Morgan fingerprint density at radius 1 is 0.300 bits per heavy atom. The lowest BCUT2D eigenvalue weighted by atomic mass is 9.90. The summed E-state index contributed by atoms with van der Waals surface area (Å²) in [5.41, 5.74) is 3.84. The van der Waals surface area contributed by atoms with Crippen LogP contribution < -0.4 is 0 Å². The Morgan fingerprint density at radius 3 is 1.48 bits per heavy atom.